The van der Waals surface area contributed by atoms with Gasteiger partial charge in [0.05, 0.1) is 18.6 Å². The molecule has 0 saturated carbocycles. The van der Waals surface area contributed by atoms with Crippen molar-refractivity contribution < 1.29 is 4.42 Å². The Kier molecular flexibility index (Phi) is 2.50. The van der Waals surface area contributed by atoms with Crippen molar-refractivity contribution >= 4 is 0 Å². The van der Waals surface area contributed by atoms with Crippen molar-refractivity contribution in [3.8, 4) is 0 Å². The van der Waals surface area contributed by atoms with Crippen molar-refractivity contribution in [2.75, 3.05) is 0 Å². The molecule has 1 aliphatic carbocycles. The molecule has 1 aromatic heterocycles. The molecule has 13 heavy (non-hydrogen) atoms. The summed E-state index contributed by atoms with van der Waals surface area (Å²) < 4.78 is 5.02. The molecule has 0 aromatic carbocycles. The summed E-state index contributed by atoms with van der Waals surface area (Å²) in [5.74, 6) is 0. The summed E-state index contributed by atoms with van der Waals surface area (Å²) in [4.78, 5) is 0. The molecule has 0 aliphatic heterocycles. The number of allylic oxidation sites excluding steroid dienone is 1. The van der Waals surface area contributed by atoms with Crippen molar-refractivity contribution in [1.29, 1.82) is 0 Å². The molecule has 0 spiro atoms. The van der Waals surface area contributed by atoms with Gasteiger partial charge in [0.2, 0.25) is 0 Å². The van der Waals surface area contributed by atoms with Crippen LogP contribution in [0.3, 0.4) is 0 Å². The molecule has 0 amide bonds. The Morgan fingerprint density at radius 3 is 2.92 bits per heavy atom. The lowest BCUT2D eigenvalue weighted by molar-refractivity contribution is 0.559. The number of nitrogens with two attached hydrogens (primary N) is 1. The molecular weight excluding hydrogens is 162 g/mol. The largest absolute Gasteiger partial charge is 0.472 e. The van der Waals surface area contributed by atoms with Crippen LogP contribution in [0, 0.1) is 0 Å². The molecule has 0 saturated heterocycles. The highest BCUT2D eigenvalue weighted by atomic mass is 16.3. The minimum absolute atomic E-state index is 0.0547. The summed E-state index contributed by atoms with van der Waals surface area (Å²) in [7, 11) is 0. The Hall–Kier alpha value is -1.02. The molecule has 1 atom stereocenters. The zero-order valence-corrected chi connectivity index (χ0v) is 7.70. The average Bonchev–Trinajstić information content (AvgIpc) is 2.71. The van der Waals surface area contributed by atoms with Gasteiger partial charge < -0.3 is 10.2 Å². The summed E-state index contributed by atoms with van der Waals surface area (Å²) >= 11 is 0. The van der Waals surface area contributed by atoms with E-state index in [1.54, 1.807) is 12.5 Å². The van der Waals surface area contributed by atoms with Crippen LogP contribution in [-0.4, -0.2) is 0 Å². The van der Waals surface area contributed by atoms with Crippen LogP contribution in [0.5, 0.6) is 0 Å². The summed E-state index contributed by atoms with van der Waals surface area (Å²) in [6.07, 6.45) is 10.6. The second-order valence-electron chi connectivity index (χ2n) is 3.56. The Labute approximate surface area is 78.4 Å². The zero-order valence-electron chi connectivity index (χ0n) is 7.70. The van der Waals surface area contributed by atoms with Crippen molar-refractivity contribution in [2.24, 2.45) is 5.73 Å². The van der Waals surface area contributed by atoms with Gasteiger partial charge in [-0.25, -0.2) is 0 Å². The Morgan fingerprint density at radius 1 is 1.38 bits per heavy atom. The number of furan rings is 1. The predicted octanol–water partition coefficient (Wildman–Crippen LogP) is 2.78. The smallest absolute Gasteiger partial charge is 0.0953 e. The van der Waals surface area contributed by atoms with Gasteiger partial charge in [-0.2, -0.15) is 0 Å². The van der Waals surface area contributed by atoms with E-state index in [1.165, 1.54) is 24.8 Å². The van der Waals surface area contributed by atoms with Gasteiger partial charge in [-0.1, -0.05) is 11.6 Å². The highest BCUT2D eigenvalue weighted by Gasteiger charge is 2.14. The summed E-state index contributed by atoms with van der Waals surface area (Å²) in [6, 6.07) is 2.00. The summed E-state index contributed by atoms with van der Waals surface area (Å²) in [5, 5.41) is 0. The second-order valence-corrected chi connectivity index (χ2v) is 3.56. The normalized spacial score (nSPS) is 19.6. The molecular formula is C11H15NO. The number of hydrogen-bond donors (Lipinski definition) is 1. The van der Waals surface area contributed by atoms with Gasteiger partial charge in [0.25, 0.3) is 0 Å². The molecule has 2 rings (SSSR count). The van der Waals surface area contributed by atoms with E-state index in [2.05, 4.69) is 6.08 Å². The third-order valence-electron chi connectivity index (χ3n) is 2.63. The monoisotopic (exact) mass is 177 g/mol. The Balaban J connectivity index is 2.12. The maximum absolute atomic E-state index is 6.09. The van der Waals surface area contributed by atoms with E-state index >= 15 is 0 Å². The van der Waals surface area contributed by atoms with Crippen molar-refractivity contribution in [3.05, 3.63) is 35.8 Å². The predicted molar refractivity (Wildman–Crippen MR) is 52.2 cm³/mol. The first kappa shape index (κ1) is 8.57. The van der Waals surface area contributed by atoms with Crippen molar-refractivity contribution in [1.82, 2.24) is 0 Å². The van der Waals surface area contributed by atoms with Gasteiger partial charge in [0, 0.05) is 5.56 Å². The first-order valence-electron chi connectivity index (χ1n) is 4.84. The molecule has 1 heterocycles. The first-order chi connectivity index (χ1) is 6.38. The molecule has 0 fully saturated rings. The standard InChI is InChI=1S/C11H15NO/c12-11(10-6-7-13-8-10)9-4-2-1-3-5-9/h4,6-8,11H,1-3,5,12H2. The zero-order chi connectivity index (χ0) is 9.10. The lowest BCUT2D eigenvalue weighted by Gasteiger charge is -2.18. The maximum Gasteiger partial charge on any atom is 0.0953 e. The molecule has 0 radical (unpaired) electrons. The molecule has 0 bridgehead atoms. The first-order valence-corrected chi connectivity index (χ1v) is 4.84. The highest BCUT2D eigenvalue weighted by molar-refractivity contribution is 5.24. The van der Waals surface area contributed by atoms with Gasteiger partial charge in [0.15, 0.2) is 0 Å². The minimum Gasteiger partial charge on any atom is -0.472 e. The van der Waals surface area contributed by atoms with Gasteiger partial charge in [0.1, 0.15) is 0 Å². The quantitative estimate of drug-likeness (QED) is 0.705. The van der Waals surface area contributed by atoms with Crippen LogP contribution in [0.25, 0.3) is 0 Å². The fourth-order valence-electron chi connectivity index (χ4n) is 1.81. The SMILES string of the molecule is NC(C1=CCCCC1)c1ccoc1. The van der Waals surface area contributed by atoms with E-state index in [0.717, 1.165) is 12.0 Å². The fourth-order valence-corrected chi connectivity index (χ4v) is 1.81. The van der Waals surface area contributed by atoms with E-state index < -0.39 is 0 Å². The van der Waals surface area contributed by atoms with E-state index in [-0.39, 0.29) is 6.04 Å². The number of hydrogen-bond acceptors (Lipinski definition) is 2. The van der Waals surface area contributed by atoms with E-state index in [1.807, 2.05) is 6.07 Å². The van der Waals surface area contributed by atoms with Crippen LogP contribution in [0.15, 0.2) is 34.7 Å². The summed E-state index contributed by atoms with van der Waals surface area (Å²) in [5.41, 5.74) is 8.54. The molecule has 70 valence electrons. The highest BCUT2D eigenvalue weighted by Crippen LogP contribution is 2.27. The molecule has 1 unspecified atom stereocenters. The Bertz CT molecular complexity index is 287. The molecule has 1 aromatic rings. The van der Waals surface area contributed by atoms with Gasteiger partial charge in [-0.15, -0.1) is 0 Å². The second kappa shape index (κ2) is 3.79. The van der Waals surface area contributed by atoms with Crippen LogP contribution in [0.4, 0.5) is 0 Å². The van der Waals surface area contributed by atoms with Gasteiger partial charge in [-0.05, 0) is 31.7 Å². The van der Waals surface area contributed by atoms with Crippen LogP contribution in [0.1, 0.15) is 37.3 Å². The molecule has 2 nitrogen and oxygen atoms in total. The molecule has 2 N–H and O–H groups in total. The van der Waals surface area contributed by atoms with Crippen molar-refractivity contribution in [3.63, 3.8) is 0 Å². The third-order valence-corrected chi connectivity index (χ3v) is 2.63. The van der Waals surface area contributed by atoms with Crippen LogP contribution in [-0.2, 0) is 0 Å². The van der Waals surface area contributed by atoms with E-state index in [0.29, 0.717) is 0 Å². The topological polar surface area (TPSA) is 39.2 Å². The van der Waals surface area contributed by atoms with E-state index in [9.17, 15) is 0 Å². The lowest BCUT2D eigenvalue weighted by atomic mass is 9.92. The van der Waals surface area contributed by atoms with Gasteiger partial charge >= 0.3 is 0 Å². The maximum atomic E-state index is 6.09. The van der Waals surface area contributed by atoms with Crippen LogP contribution >= 0.6 is 0 Å². The third kappa shape index (κ3) is 1.83. The Morgan fingerprint density at radius 2 is 2.31 bits per heavy atom. The fraction of sp³-hybridized carbons (Fsp3) is 0.455. The lowest BCUT2D eigenvalue weighted by Crippen LogP contribution is -2.13. The molecule has 2 heteroatoms. The summed E-state index contributed by atoms with van der Waals surface area (Å²) in [6.45, 7) is 0. The average molecular weight is 177 g/mol. The van der Waals surface area contributed by atoms with Crippen LogP contribution in [0.2, 0.25) is 0 Å². The molecule has 1 aliphatic rings. The number of rotatable bonds is 2. The minimum atomic E-state index is 0.0547. The van der Waals surface area contributed by atoms with Crippen LogP contribution < -0.4 is 5.73 Å². The van der Waals surface area contributed by atoms with Gasteiger partial charge in [-0.3, -0.25) is 0 Å². The van der Waals surface area contributed by atoms with Crippen molar-refractivity contribution in [2.45, 2.75) is 31.7 Å². The van der Waals surface area contributed by atoms with E-state index in [4.69, 9.17) is 10.2 Å².